The van der Waals surface area contributed by atoms with Gasteiger partial charge in [-0.25, -0.2) is 18.1 Å². The maximum absolute atomic E-state index is 12.7. The van der Waals surface area contributed by atoms with Crippen LogP contribution >= 0.6 is 0 Å². The van der Waals surface area contributed by atoms with Crippen molar-refractivity contribution in [1.29, 1.82) is 0 Å². The van der Waals surface area contributed by atoms with Crippen molar-refractivity contribution in [2.75, 3.05) is 11.9 Å². The number of nitrogens with zero attached hydrogens (tertiary/aromatic N) is 2. The van der Waals surface area contributed by atoms with E-state index in [2.05, 4.69) is 20.8 Å². The van der Waals surface area contributed by atoms with E-state index in [9.17, 15) is 13.2 Å². The van der Waals surface area contributed by atoms with Crippen LogP contribution in [0.3, 0.4) is 0 Å². The van der Waals surface area contributed by atoms with E-state index in [4.69, 9.17) is 4.98 Å². The lowest BCUT2D eigenvalue weighted by molar-refractivity contribution is -0.116. The Morgan fingerprint density at radius 1 is 1.06 bits per heavy atom. The molecule has 0 radical (unpaired) electrons. The summed E-state index contributed by atoms with van der Waals surface area (Å²) < 4.78 is 30.2. The van der Waals surface area contributed by atoms with E-state index < -0.39 is 10.0 Å². The van der Waals surface area contributed by atoms with Crippen molar-refractivity contribution in [2.24, 2.45) is 0 Å². The predicted octanol–water partition coefficient (Wildman–Crippen LogP) is 4.12. The second-order valence-corrected chi connectivity index (χ2v) is 10.4. The third kappa shape index (κ3) is 5.34. The molecule has 2 aromatic carbocycles. The van der Waals surface area contributed by atoms with Gasteiger partial charge in [0.2, 0.25) is 15.9 Å². The Hall–Kier alpha value is -2.97. The first-order valence-electron chi connectivity index (χ1n) is 11.3. The van der Waals surface area contributed by atoms with Crippen LogP contribution in [-0.4, -0.2) is 30.4 Å². The van der Waals surface area contributed by atoms with Gasteiger partial charge in [-0.2, -0.15) is 0 Å². The molecule has 7 nitrogen and oxygen atoms in total. The third-order valence-electron chi connectivity index (χ3n) is 5.89. The number of benzene rings is 2. The van der Waals surface area contributed by atoms with Crippen LogP contribution in [0.5, 0.6) is 0 Å². The average Bonchev–Trinajstić information content (AvgIpc) is 3.17. The number of aromatic nitrogens is 2. The summed E-state index contributed by atoms with van der Waals surface area (Å²) >= 11 is 0. The maximum atomic E-state index is 12.7. The van der Waals surface area contributed by atoms with Crippen molar-refractivity contribution >= 4 is 21.6 Å². The molecule has 2 N–H and O–H groups in total. The molecule has 0 saturated carbocycles. The van der Waals surface area contributed by atoms with Crippen LogP contribution in [0.1, 0.15) is 41.8 Å². The van der Waals surface area contributed by atoms with Gasteiger partial charge in [0.25, 0.3) is 0 Å². The summed E-state index contributed by atoms with van der Waals surface area (Å²) in [6.07, 6.45) is 5.52. The molecule has 0 aliphatic carbocycles. The van der Waals surface area contributed by atoms with Gasteiger partial charge in [0.1, 0.15) is 5.82 Å². The van der Waals surface area contributed by atoms with E-state index in [1.807, 2.05) is 43.3 Å². The van der Waals surface area contributed by atoms with Gasteiger partial charge < -0.3 is 9.88 Å². The minimum absolute atomic E-state index is 0.0270. The molecule has 1 amide bonds. The molecule has 8 heteroatoms. The second-order valence-electron chi connectivity index (χ2n) is 8.69. The molecule has 0 bridgehead atoms. The molecule has 0 spiro atoms. The molecule has 174 valence electrons. The summed E-state index contributed by atoms with van der Waals surface area (Å²) in [6, 6.07) is 11.3. The van der Waals surface area contributed by atoms with Gasteiger partial charge >= 0.3 is 0 Å². The number of carbonyl (C=O) groups is 1. The van der Waals surface area contributed by atoms with E-state index in [-0.39, 0.29) is 23.8 Å². The highest BCUT2D eigenvalue weighted by molar-refractivity contribution is 7.89. The van der Waals surface area contributed by atoms with Gasteiger partial charge in [-0.1, -0.05) is 29.8 Å². The van der Waals surface area contributed by atoms with Gasteiger partial charge in [-0.15, -0.1) is 0 Å². The van der Waals surface area contributed by atoms with Crippen LogP contribution < -0.4 is 10.0 Å². The van der Waals surface area contributed by atoms with E-state index >= 15 is 0 Å². The van der Waals surface area contributed by atoms with Crippen molar-refractivity contribution in [3.63, 3.8) is 0 Å². The summed E-state index contributed by atoms with van der Waals surface area (Å²) in [7, 11) is -3.68. The predicted molar refractivity (Wildman–Crippen MR) is 130 cm³/mol. The van der Waals surface area contributed by atoms with Crippen molar-refractivity contribution in [2.45, 2.75) is 57.9 Å². The molecule has 4 rings (SSSR count). The van der Waals surface area contributed by atoms with Gasteiger partial charge in [0, 0.05) is 43.4 Å². The summed E-state index contributed by atoms with van der Waals surface area (Å²) in [5.74, 6) is 0.882. The number of sulfonamides is 1. The van der Waals surface area contributed by atoms with E-state index in [1.54, 1.807) is 13.8 Å². The van der Waals surface area contributed by atoms with Crippen LogP contribution in [0.4, 0.5) is 5.69 Å². The number of amides is 1. The molecule has 0 unspecified atom stereocenters. The van der Waals surface area contributed by atoms with Crippen LogP contribution in [0, 0.1) is 20.8 Å². The van der Waals surface area contributed by atoms with Crippen LogP contribution in [0.15, 0.2) is 47.5 Å². The molecule has 1 aliphatic heterocycles. The first-order chi connectivity index (χ1) is 15.7. The fraction of sp³-hybridized carbons (Fsp3) is 0.360. The lowest BCUT2D eigenvalue weighted by Crippen LogP contribution is -2.29. The van der Waals surface area contributed by atoms with E-state index in [0.29, 0.717) is 16.8 Å². The largest absolute Gasteiger partial charge is 0.334 e. The van der Waals surface area contributed by atoms with Gasteiger partial charge in [0.15, 0.2) is 0 Å². The second kappa shape index (κ2) is 9.49. The van der Waals surface area contributed by atoms with Crippen molar-refractivity contribution < 1.29 is 13.2 Å². The average molecular weight is 467 g/mol. The Morgan fingerprint density at radius 2 is 1.76 bits per heavy atom. The van der Waals surface area contributed by atoms with Crippen LogP contribution in [-0.2, 0) is 27.8 Å². The van der Waals surface area contributed by atoms with Gasteiger partial charge in [-0.3, -0.25) is 4.79 Å². The Labute approximate surface area is 195 Å². The molecule has 0 saturated heterocycles. The SMILES string of the molecule is Cc1cc(C)c(S(=O)(=O)NCCC(=O)Nc2ccc(-c3cn4c(n3)CCCC4)cc2)c(C)c1. The first kappa shape index (κ1) is 23.2. The molecular weight excluding hydrogens is 436 g/mol. The number of hydrogen-bond acceptors (Lipinski definition) is 4. The Kier molecular flexibility index (Phi) is 6.67. The number of aryl methyl sites for hydroxylation is 5. The lowest BCUT2D eigenvalue weighted by Gasteiger charge is -2.13. The van der Waals surface area contributed by atoms with Crippen molar-refractivity contribution in [3.8, 4) is 11.3 Å². The first-order valence-corrected chi connectivity index (χ1v) is 12.7. The number of rotatable bonds is 7. The Bertz CT molecular complexity index is 1230. The van der Waals surface area contributed by atoms with Crippen molar-refractivity contribution in [1.82, 2.24) is 14.3 Å². The quantitative estimate of drug-likeness (QED) is 0.548. The molecule has 33 heavy (non-hydrogen) atoms. The van der Waals surface area contributed by atoms with Crippen LogP contribution in [0.2, 0.25) is 0 Å². The van der Waals surface area contributed by atoms with Gasteiger partial charge in [-0.05, 0) is 56.9 Å². The smallest absolute Gasteiger partial charge is 0.241 e. The molecule has 1 aliphatic rings. The van der Waals surface area contributed by atoms with Crippen LogP contribution in [0.25, 0.3) is 11.3 Å². The number of carbonyl (C=O) groups excluding carboxylic acids is 1. The fourth-order valence-corrected chi connectivity index (χ4v) is 5.94. The zero-order chi connectivity index (χ0) is 23.6. The number of hydrogen-bond donors (Lipinski definition) is 2. The zero-order valence-electron chi connectivity index (χ0n) is 19.3. The number of imidazole rings is 1. The molecule has 0 fully saturated rings. The van der Waals surface area contributed by atoms with E-state index in [1.165, 1.54) is 12.8 Å². The lowest BCUT2D eigenvalue weighted by atomic mass is 10.1. The molecule has 2 heterocycles. The number of anilines is 1. The fourth-order valence-electron chi connectivity index (χ4n) is 4.46. The third-order valence-corrected chi connectivity index (χ3v) is 7.66. The van der Waals surface area contributed by atoms with Crippen molar-refractivity contribution in [3.05, 3.63) is 65.1 Å². The molecule has 1 aromatic heterocycles. The normalized spacial score (nSPS) is 13.5. The number of nitrogens with one attached hydrogen (secondary N) is 2. The molecule has 0 atom stereocenters. The minimum atomic E-state index is -3.68. The Balaban J connectivity index is 1.32. The number of fused-ring (bicyclic) bond motifs is 1. The van der Waals surface area contributed by atoms with E-state index in [0.717, 1.165) is 35.6 Å². The summed E-state index contributed by atoms with van der Waals surface area (Å²) in [5, 5.41) is 2.83. The summed E-state index contributed by atoms with van der Waals surface area (Å²) in [6.45, 7) is 6.54. The minimum Gasteiger partial charge on any atom is -0.334 e. The maximum Gasteiger partial charge on any atom is 0.241 e. The molecular formula is C25H30N4O3S. The Morgan fingerprint density at radius 3 is 2.42 bits per heavy atom. The highest BCUT2D eigenvalue weighted by Gasteiger charge is 2.20. The molecule has 3 aromatic rings. The highest BCUT2D eigenvalue weighted by atomic mass is 32.2. The topological polar surface area (TPSA) is 93.1 Å². The monoisotopic (exact) mass is 466 g/mol. The highest BCUT2D eigenvalue weighted by Crippen LogP contribution is 2.24. The standard InChI is InChI=1S/C25H30N4O3S/c1-17-14-18(2)25(19(3)15-17)33(31,32)26-12-11-24(30)27-21-9-7-20(8-10-21)22-16-29-13-5-4-6-23(29)28-22/h7-10,14-16,26H,4-6,11-13H2,1-3H3,(H,27,30). The summed E-state index contributed by atoms with van der Waals surface area (Å²) in [5.41, 5.74) is 5.03. The zero-order valence-corrected chi connectivity index (χ0v) is 20.1. The summed E-state index contributed by atoms with van der Waals surface area (Å²) in [4.78, 5) is 17.3. The van der Waals surface area contributed by atoms with Gasteiger partial charge in [0.05, 0.1) is 10.6 Å².